The minimum absolute atomic E-state index is 0.128. The molecule has 0 fully saturated rings. The number of carbonyl (C=O) groups is 2. The molecule has 0 aromatic heterocycles. The van der Waals surface area contributed by atoms with Gasteiger partial charge in [-0.25, -0.2) is 5.48 Å². The van der Waals surface area contributed by atoms with E-state index < -0.39 is 0 Å². The molecule has 104 valence electrons. The minimum atomic E-state index is -0.233. The van der Waals surface area contributed by atoms with Gasteiger partial charge in [-0.2, -0.15) is 0 Å². The molecule has 19 heavy (non-hydrogen) atoms. The fourth-order valence-corrected chi connectivity index (χ4v) is 1.39. The molecule has 0 heterocycles. The summed E-state index contributed by atoms with van der Waals surface area (Å²) in [5.41, 5.74) is 3.86. The Hall–Kier alpha value is -1.92. The molecule has 6 heteroatoms. The monoisotopic (exact) mass is 266 g/mol. The topological polar surface area (TPSA) is 76.7 Å². The summed E-state index contributed by atoms with van der Waals surface area (Å²) in [4.78, 5) is 27.2. The molecule has 2 N–H and O–H groups in total. The average Bonchev–Trinajstić information content (AvgIpc) is 2.36. The average molecular weight is 266 g/mol. The Morgan fingerprint density at radius 3 is 2.42 bits per heavy atom. The lowest BCUT2D eigenvalue weighted by Gasteiger charge is -2.06. The molecule has 1 aromatic rings. The van der Waals surface area contributed by atoms with Crippen molar-refractivity contribution in [3.8, 4) is 0 Å². The van der Waals surface area contributed by atoms with Crippen LogP contribution in [0.1, 0.15) is 12.5 Å². The minimum Gasteiger partial charge on any atom is -0.382 e. The number of amides is 2. The summed E-state index contributed by atoms with van der Waals surface area (Å²) >= 11 is 0. The van der Waals surface area contributed by atoms with Crippen molar-refractivity contribution in [2.24, 2.45) is 0 Å². The Bertz CT molecular complexity index is 417. The van der Waals surface area contributed by atoms with Crippen LogP contribution in [0.15, 0.2) is 24.3 Å². The van der Waals surface area contributed by atoms with Crippen LogP contribution in [0.2, 0.25) is 0 Å². The summed E-state index contributed by atoms with van der Waals surface area (Å²) < 4.78 is 4.78. The molecule has 1 aromatic carbocycles. The van der Waals surface area contributed by atoms with E-state index in [1.165, 1.54) is 6.92 Å². The SMILES string of the molecule is COCCONC(=O)Cc1ccc(NC(C)=O)cc1. The third-order valence-electron chi connectivity index (χ3n) is 2.21. The highest BCUT2D eigenvalue weighted by molar-refractivity contribution is 5.88. The molecule has 0 radical (unpaired) electrons. The third-order valence-corrected chi connectivity index (χ3v) is 2.21. The van der Waals surface area contributed by atoms with Crippen LogP contribution in [0.4, 0.5) is 5.69 Å². The maximum Gasteiger partial charge on any atom is 0.247 e. The van der Waals surface area contributed by atoms with Gasteiger partial charge in [0.05, 0.1) is 19.6 Å². The Morgan fingerprint density at radius 2 is 1.84 bits per heavy atom. The van der Waals surface area contributed by atoms with Crippen LogP contribution in [-0.2, 0) is 25.6 Å². The second kappa shape index (κ2) is 8.23. The number of nitrogens with one attached hydrogen (secondary N) is 2. The summed E-state index contributed by atoms with van der Waals surface area (Å²) in [5.74, 6) is -0.361. The van der Waals surface area contributed by atoms with Gasteiger partial charge in [0.25, 0.3) is 0 Å². The zero-order valence-corrected chi connectivity index (χ0v) is 11.1. The van der Waals surface area contributed by atoms with E-state index in [9.17, 15) is 9.59 Å². The van der Waals surface area contributed by atoms with Crippen LogP contribution in [-0.4, -0.2) is 32.1 Å². The highest BCUT2D eigenvalue weighted by Crippen LogP contribution is 2.09. The number of carbonyl (C=O) groups excluding carboxylic acids is 2. The van der Waals surface area contributed by atoms with Crippen molar-refractivity contribution in [2.45, 2.75) is 13.3 Å². The Morgan fingerprint density at radius 1 is 1.16 bits per heavy atom. The zero-order chi connectivity index (χ0) is 14.1. The number of hydroxylamine groups is 1. The lowest BCUT2D eigenvalue weighted by Crippen LogP contribution is -2.26. The van der Waals surface area contributed by atoms with E-state index >= 15 is 0 Å². The maximum atomic E-state index is 11.5. The van der Waals surface area contributed by atoms with E-state index in [1.54, 1.807) is 31.4 Å². The van der Waals surface area contributed by atoms with E-state index in [4.69, 9.17) is 9.57 Å². The van der Waals surface area contributed by atoms with E-state index in [-0.39, 0.29) is 18.2 Å². The fourth-order valence-electron chi connectivity index (χ4n) is 1.39. The second-order valence-electron chi connectivity index (χ2n) is 3.92. The van der Waals surface area contributed by atoms with Gasteiger partial charge in [-0.3, -0.25) is 14.4 Å². The van der Waals surface area contributed by atoms with Gasteiger partial charge in [-0.05, 0) is 17.7 Å². The van der Waals surface area contributed by atoms with E-state index in [1.807, 2.05) is 0 Å². The predicted molar refractivity (Wildman–Crippen MR) is 70.4 cm³/mol. The van der Waals surface area contributed by atoms with Gasteiger partial charge in [0.2, 0.25) is 11.8 Å². The normalized spacial score (nSPS) is 10.0. The summed E-state index contributed by atoms with van der Waals surface area (Å²) in [6.45, 7) is 2.17. The zero-order valence-electron chi connectivity index (χ0n) is 11.1. The molecular formula is C13H18N2O4. The first-order valence-electron chi connectivity index (χ1n) is 5.88. The van der Waals surface area contributed by atoms with E-state index in [0.29, 0.717) is 18.9 Å². The van der Waals surface area contributed by atoms with Gasteiger partial charge < -0.3 is 10.1 Å². The van der Waals surface area contributed by atoms with Gasteiger partial charge in [0, 0.05) is 19.7 Å². The van der Waals surface area contributed by atoms with Crippen molar-refractivity contribution in [3.63, 3.8) is 0 Å². The van der Waals surface area contributed by atoms with Crippen LogP contribution in [0, 0.1) is 0 Å². The van der Waals surface area contributed by atoms with E-state index in [0.717, 1.165) is 5.56 Å². The van der Waals surface area contributed by atoms with Gasteiger partial charge in [0.15, 0.2) is 0 Å². The molecule has 0 aliphatic carbocycles. The largest absolute Gasteiger partial charge is 0.382 e. The number of hydrogen-bond acceptors (Lipinski definition) is 4. The van der Waals surface area contributed by atoms with E-state index in [2.05, 4.69) is 10.8 Å². The third kappa shape index (κ3) is 6.54. The highest BCUT2D eigenvalue weighted by Gasteiger charge is 2.03. The molecule has 0 saturated carbocycles. The molecule has 0 saturated heterocycles. The number of anilines is 1. The fraction of sp³-hybridized carbons (Fsp3) is 0.385. The molecule has 0 atom stereocenters. The van der Waals surface area contributed by atoms with Crippen molar-refractivity contribution in [1.29, 1.82) is 0 Å². The first kappa shape index (κ1) is 15.1. The summed E-state index contributed by atoms with van der Waals surface area (Å²) in [7, 11) is 1.56. The standard InChI is InChI=1S/C13H18N2O4/c1-10(16)14-12-5-3-11(4-6-12)9-13(17)15-19-8-7-18-2/h3-6H,7-9H2,1-2H3,(H,14,16)(H,15,17). The van der Waals surface area contributed by atoms with Crippen molar-refractivity contribution < 1.29 is 19.2 Å². The van der Waals surface area contributed by atoms with Crippen LogP contribution in [0.3, 0.4) is 0 Å². The molecule has 0 aliphatic rings. The van der Waals surface area contributed by atoms with Crippen molar-refractivity contribution in [3.05, 3.63) is 29.8 Å². The molecule has 1 rings (SSSR count). The summed E-state index contributed by atoms with van der Waals surface area (Å²) in [5, 5.41) is 2.66. The van der Waals surface area contributed by atoms with Gasteiger partial charge in [0.1, 0.15) is 0 Å². The molecule has 0 bridgehead atoms. The Balaban J connectivity index is 2.36. The lowest BCUT2D eigenvalue weighted by atomic mass is 10.1. The molecule has 6 nitrogen and oxygen atoms in total. The number of hydrogen-bond donors (Lipinski definition) is 2. The molecule has 0 unspecified atom stereocenters. The number of rotatable bonds is 7. The van der Waals surface area contributed by atoms with Crippen molar-refractivity contribution >= 4 is 17.5 Å². The van der Waals surface area contributed by atoms with Crippen molar-refractivity contribution in [1.82, 2.24) is 5.48 Å². The predicted octanol–water partition coefficient (Wildman–Crippen LogP) is 0.882. The number of ether oxygens (including phenoxy) is 1. The van der Waals surface area contributed by atoms with Gasteiger partial charge in [-0.1, -0.05) is 12.1 Å². The molecule has 0 spiro atoms. The van der Waals surface area contributed by atoms with Crippen LogP contribution in [0.5, 0.6) is 0 Å². The van der Waals surface area contributed by atoms with Gasteiger partial charge >= 0.3 is 0 Å². The Kier molecular flexibility index (Phi) is 6.56. The number of benzene rings is 1. The first-order chi connectivity index (χ1) is 9.11. The van der Waals surface area contributed by atoms with Gasteiger partial charge in [-0.15, -0.1) is 0 Å². The number of methoxy groups -OCH3 is 1. The molecule has 2 amide bonds. The Labute approximate surface area is 112 Å². The van der Waals surface area contributed by atoms with Crippen LogP contribution < -0.4 is 10.8 Å². The first-order valence-corrected chi connectivity index (χ1v) is 5.88. The smallest absolute Gasteiger partial charge is 0.247 e. The summed E-state index contributed by atoms with van der Waals surface area (Å²) in [6, 6.07) is 7.05. The highest BCUT2D eigenvalue weighted by atomic mass is 16.7. The van der Waals surface area contributed by atoms with Crippen LogP contribution in [0.25, 0.3) is 0 Å². The lowest BCUT2D eigenvalue weighted by molar-refractivity contribution is -0.133. The quantitative estimate of drug-likeness (QED) is 0.567. The van der Waals surface area contributed by atoms with Crippen molar-refractivity contribution in [2.75, 3.05) is 25.6 Å². The molecular weight excluding hydrogens is 248 g/mol. The van der Waals surface area contributed by atoms with Crippen LogP contribution >= 0.6 is 0 Å². The summed E-state index contributed by atoms with van der Waals surface area (Å²) in [6.07, 6.45) is 0.216. The maximum absolute atomic E-state index is 11.5. The molecule has 0 aliphatic heterocycles. The second-order valence-corrected chi connectivity index (χ2v) is 3.92.